The minimum absolute atomic E-state index is 0.262. The normalized spacial score (nSPS) is 15.0. The molecule has 0 unspecified atom stereocenters. The molecule has 0 saturated heterocycles. The van der Waals surface area contributed by atoms with Crippen molar-refractivity contribution in [1.82, 2.24) is 4.57 Å². The molecule has 1 fully saturated rings. The molecule has 0 bridgehead atoms. The number of thiazole rings is 1. The van der Waals surface area contributed by atoms with Gasteiger partial charge in [-0.1, -0.05) is 23.2 Å². The molecule has 0 amide bonds. The number of rotatable bonds is 3. The molecular formula is C18H13Cl2FN2S. The minimum Gasteiger partial charge on any atom is -0.313 e. The zero-order valence-corrected chi connectivity index (χ0v) is 14.9. The molecule has 1 aliphatic carbocycles. The molecule has 0 N–H and O–H groups in total. The summed E-state index contributed by atoms with van der Waals surface area (Å²) in [4.78, 5) is 5.56. The van der Waals surface area contributed by atoms with Gasteiger partial charge in [-0.2, -0.15) is 0 Å². The number of benzene rings is 2. The molecule has 0 radical (unpaired) electrons. The quantitative estimate of drug-likeness (QED) is 0.513. The number of hydrogen-bond acceptors (Lipinski definition) is 2. The van der Waals surface area contributed by atoms with Crippen molar-refractivity contribution in [3.05, 3.63) is 68.5 Å². The third-order valence-corrected chi connectivity index (χ3v) is 5.31. The zero-order valence-electron chi connectivity index (χ0n) is 12.5. The van der Waals surface area contributed by atoms with Gasteiger partial charge in [-0.25, -0.2) is 9.38 Å². The van der Waals surface area contributed by atoms with E-state index in [4.69, 9.17) is 23.2 Å². The number of nitrogens with zero attached hydrogens (tertiary/aromatic N) is 2. The summed E-state index contributed by atoms with van der Waals surface area (Å²) >= 11 is 14.1. The number of hydrogen-bond donors (Lipinski definition) is 0. The number of halogens is 3. The molecule has 0 spiro atoms. The third-order valence-electron chi connectivity index (χ3n) is 3.91. The summed E-state index contributed by atoms with van der Waals surface area (Å²) in [5.41, 5.74) is 2.67. The van der Waals surface area contributed by atoms with Crippen molar-refractivity contribution in [3.63, 3.8) is 0 Å². The Morgan fingerprint density at radius 1 is 1.08 bits per heavy atom. The van der Waals surface area contributed by atoms with Gasteiger partial charge in [0.1, 0.15) is 5.82 Å². The Kier molecular flexibility index (Phi) is 4.21. The lowest BCUT2D eigenvalue weighted by atomic mass is 10.1. The van der Waals surface area contributed by atoms with E-state index in [1.807, 2.05) is 12.1 Å². The molecule has 0 atom stereocenters. The molecule has 1 aromatic heterocycles. The van der Waals surface area contributed by atoms with E-state index in [1.165, 1.54) is 12.1 Å². The highest BCUT2D eigenvalue weighted by molar-refractivity contribution is 7.07. The van der Waals surface area contributed by atoms with E-state index < -0.39 is 0 Å². The van der Waals surface area contributed by atoms with Gasteiger partial charge < -0.3 is 4.57 Å². The fraction of sp³-hybridized carbons (Fsp3) is 0.167. The van der Waals surface area contributed by atoms with Crippen LogP contribution in [0.4, 0.5) is 10.1 Å². The molecule has 1 aliphatic rings. The van der Waals surface area contributed by atoms with Crippen LogP contribution < -0.4 is 4.80 Å². The van der Waals surface area contributed by atoms with Gasteiger partial charge in [-0.05, 0) is 55.3 Å². The largest absolute Gasteiger partial charge is 0.313 e. The summed E-state index contributed by atoms with van der Waals surface area (Å²) in [6.45, 7) is 0. The predicted octanol–water partition coefficient (Wildman–Crippen LogP) is 6.23. The fourth-order valence-electron chi connectivity index (χ4n) is 2.60. The second-order valence-corrected chi connectivity index (χ2v) is 7.40. The summed E-state index contributed by atoms with van der Waals surface area (Å²) in [6.07, 6.45) is 2.25. The maximum Gasteiger partial charge on any atom is 0.190 e. The van der Waals surface area contributed by atoms with Crippen LogP contribution in [0.15, 0.2) is 52.8 Å². The number of aromatic nitrogens is 1. The third kappa shape index (κ3) is 3.14. The molecule has 4 rings (SSSR count). The lowest BCUT2D eigenvalue weighted by Crippen LogP contribution is -2.14. The summed E-state index contributed by atoms with van der Waals surface area (Å²) in [6, 6.07) is 12.1. The minimum atomic E-state index is -0.262. The Hall–Kier alpha value is -1.62. The monoisotopic (exact) mass is 378 g/mol. The SMILES string of the molecule is Fc1ccc(N=c2scc(-c3cc(Cl)ccc3Cl)n2C2CC2)cc1. The van der Waals surface area contributed by atoms with Gasteiger partial charge in [-0.15, -0.1) is 11.3 Å². The van der Waals surface area contributed by atoms with Gasteiger partial charge in [0.15, 0.2) is 4.80 Å². The Labute approximate surface area is 152 Å². The van der Waals surface area contributed by atoms with Crippen LogP contribution in [0.1, 0.15) is 18.9 Å². The molecule has 122 valence electrons. The van der Waals surface area contributed by atoms with Gasteiger partial charge >= 0.3 is 0 Å². The zero-order chi connectivity index (χ0) is 16.7. The standard InChI is InChI=1S/C18H13Cl2FN2S/c19-11-1-8-16(20)15(9-11)17-10-24-18(23(17)14-6-7-14)22-13-4-2-12(21)3-5-13/h1-5,8-10,14H,6-7H2. The maximum atomic E-state index is 13.1. The van der Waals surface area contributed by atoms with Gasteiger partial charge in [-0.3, -0.25) is 0 Å². The van der Waals surface area contributed by atoms with Gasteiger partial charge in [0.25, 0.3) is 0 Å². The molecular weight excluding hydrogens is 366 g/mol. The van der Waals surface area contributed by atoms with Crippen LogP contribution in [0.25, 0.3) is 11.3 Å². The van der Waals surface area contributed by atoms with Crippen LogP contribution in [0.2, 0.25) is 10.0 Å². The molecule has 2 aromatic carbocycles. The average Bonchev–Trinajstić information content (AvgIpc) is 3.33. The second kappa shape index (κ2) is 6.36. The van der Waals surface area contributed by atoms with Crippen LogP contribution in [0, 0.1) is 5.82 Å². The van der Waals surface area contributed by atoms with Crippen LogP contribution in [0.5, 0.6) is 0 Å². The van der Waals surface area contributed by atoms with Crippen molar-refractivity contribution >= 4 is 40.2 Å². The molecule has 1 heterocycles. The van der Waals surface area contributed by atoms with Crippen LogP contribution in [0.3, 0.4) is 0 Å². The average molecular weight is 379 g/mol. The lowest BCUT2D eigenvalue weighted by Gasteiger charge is -2.09. The molecule has 2 nitrogen and oxygen atoms in total. The molecule has 1 saturated carbocycles. The van der Waals surface area contributed by atoms with E-state index in [2.05, 4.69) is 14.9 Å². The highest BCUT2D eigenvalue weighted by atomic mass is 35.5. The first-order chi connectivity index (χ1) is 11.6. The van der Waals surface area contributed by atoms with E-state index in [9.17, 15) is 4.39 Å². The van der Waals surface area contributed by atoms with Crippen molar-refractivity contribution in [2.75, 3.05) is 0 Å². The summed E-state index contributed by atoms with van der Waals surface area (Å²) in [7, 11) is 0. The predicted molar refractivity (Wildman–Crippen MR) is 97.7 cm³/mol. The van der Waals surface area contributed by atoms with Crippen molar-refractivity contribution in [3.8, 4) is 11.3 Å². The highest BCUT2D eigenvalue weighted by Gasteiger charge is 2.28. The Morgan fingerprint density at radius 3 is 2.54 bits per heavy atom. The van der Waals surface area contributed by atoms with E-state index in [1.54, 1.807) is 29.5 Å². The van der Waals surface area contributed by atoms with Crippen LogP contribution in [-0.4, -0.2) is 4.57 Å². The van der Waals surface area contributed by atoms with Crippen molar-refractivity contribution in [2.45, 2.75) is 18.9 Å². The Morgan fingerprint density at radius 2 is 1.83 bits per heavy atom. The first-order valence-electron chi connectivity index (χ1n) is 7.57. The smallest absolute Gasteiger partial charge is 0.190 e. The van der Waals surface area contributed by atoms with E-state index >= 15 is 0 Å². The summed E-state index contributed by atoms with van der Waals surface area (Å²) in [5, 5.41) is 3.37. The van der Waals surface area contributed by atoms with Crippen molar-refractivity contribution in [1.29, 1.82) is 0 Å². The second-order valence-electron chi connectivity index (χ2n) is 5.72. The van der Waals surface area contributed by atoms with Gasteiger partial charge in [0.05, 0.1) is 16.4 Å². The first kappa shape index (κ1) is 15.9. The van der Waals surface area contributed by atoms with Crippen LogP contribution >= 0.6 is 34.5 Å². The molecule has 24 heavy (non-hydrogen) atoms. The Bertz CT molecular complexity index is 956. The topological polar surface area (TPSA) is 17.3 Å². The molecule has 3 aromatic rings. The van der Waals surface area contributed by atoms with Gasteiger partial charge in [0.2, 0.25) is 0 Å². The van der Waals surface area contributed by atoms with Crippen molar-refractivity contribution in [2.24, 2.45) is 4.99 Å². The van der Waals surface area contributed by atoms with E-state index in [0.29, 0.717) is 16.1 Å². The van der Waals surface area contributed by atoms with Gasteiger partial charge in [0, 0.05) is 22.0 Å². The van der Waals surface area contributed by atoms with E-state index in [-0.39, 0.29) is 5.82 Å². The lowest BCUT2D eigenvalue weighted by molar-refractivity contribution is 0.628. The summed E-state index contributed by atoms with van der Waals surface area (Å²) in [5.74, 6) is -0.262. The van der Waals surface area contributed by atoms with Crippen molar-refractivity contribution < 1.29 is 4.39 Å². The molecule has 6 heteroatoms. The molecule has 0 aliphatic heterocycles. The van der Waals surface area contributed by atoms with E-state index in [0.717, 1.165) is 34.6 Å². The van der Waals surface area contributed by atoms with Crippen LogP contribution in [-0.2, 0) is 0 Å². The Balaban J connectivity index is 1.87. The first-order valence-corrected chi connectivity index (χ1v) is 9.21. The summed E-state index contributed by atoms with van der Waals surface area (Å²) < 4.78 is 15.3. The maximum absolute atomic E-state index is 13.1. The highest BCUT2D eigenvalue weighted by Crippen LogP contribution is 2.40. The fourth-order valence-corrected chi connectivity index (χ4v) is 3.97.